The molecule has 0 saturated heterocycles. The van der Waals surface area contributed by atoms with Gasteiger partial charge in [0, 0.05) is 24.2 Å². The molecule has 0 fully saturated rings. The lowest BCUT2D eigenvalue weighted by atomic mass is 10.1. The Bertz CT molecular complexity index is 556. The van der Waals surface area contributed by atoms with Crippen molar-refractivity contribution in [3.05, 3.63) is 42.2 Å². The van der Waals surface area contributed by atoms with Gasteiger partial charge in [-0.3, -0.25) is 9.78 Å². The summed E-state index contributed by atoms with van der Waals surface area (Å²) in [6.45, 7) is 2.49. The summed E-state index contributed by atoms with van der Waals surface area (Å²) in [5, 5.41) is 4.73. The van der Waals surface area contributed by atoms with Gasteiger partial charge in [0.15, 0.2) is 0 Å². The van der Waals surface area contributed by atoms with Gasteiger partial charge in [-0.25, -0.2) is 0 Å². The van der Waals surface area contributed by atoms with Gasteiger partial charge in [-0.15, -0.1) is 24.8 Å². The number of rotatable bonds is 4. The van der Waals surface area contributed by atoms with Crippen LogP contribution in [0, 0.1) is 0 Å². The van der Waals surface area contributed by atoms with Crippen LogP contribution in [0.5, 0.6) is 0 Å². The molecule has 20 heavy (non-hydrogen) atoms. The summed E-state index contributed by atoms with van der Waals surface area (Å²) in [6, 6.07) is 9.71. The Labute approximate surface area is 131 Å². The third-order valence-electron chi connectivity index (χ3n) is 2.77. The Kier molecular flexibility index (Phi) is 8.15. The molecular weight excluding hydrogens is 297 g/mol. The van der Waals surface area contributed by atoms with Crippen molar-refractivity contribution in [3.63, 3.8) is 0 Å². The number of benzene rings is 1. The van der Waals surface area contributed by atoms with Crippen molar-refractivity contribution in [2.45, 2.75) is 19.4 Å². The molecule has 3 N–H and O–H groups in total. The molecule has 1 heterocycles. The van der Waals surface area contributed by atoms with E-state index in [2.05, 4.69) is 10.3 Å². The lowest BCUT2D eigenvalue weighted by Gasteiger charge is -2.08. The highest BCUT2D eigenvalue weighted by Gasteiger charge is 2.10. The van der Waals surface area contributed by atoms with Crippen LogP contribution < -0.4 is 11.1 Å². The van der Waals surface area contributed by atoms with Crippen LogP contribution in [0.3, 0.4) is 0 Å². The molecular formula is C14H19Cl2N3O. The second kappa shape index (κ2) is 8.74. The van der Waals surface area contributed by atoms with E-state index in [-0.39, 0.29) is 36.8 Å². The molecule has 2 aromatic rings. The first kappa shape index (κ1) is 18.6. The van der Waals surface area contributed by atoms with E-state index in [9.17, 15) is 4.79 Å². The number of hydrogen-bond donors (Lipinski definition) is 2. The zero-order chi connectivity index (χ0) is 13.0. The van der Waals surface area contributed by atoms with Gasteiger partial charge >= 0.3 is 0 Å². The maximum atomic E-state index is 12.0. The Morgan fingerprint density at radius 2 is 2.00 bits per heavy atom. The van der Waals surface area contributed by atoms with Gasteiger partial charge in [0.2, 0.25) is 0 Å². The first-order chi connectivity index (χ1) is 8.68. The van der Waals surface area contributed by atoms with Crippen LogP contribution in [0.4, 0.5) is 0 Å². The lowest BCUT2D eigenvalue weighted by molar-refractivity contribution is 0.0949. The number of pyridine rings is 1. The molecule has 1 amide bonds. The van der Waals surface area contributed by atoms with Crippen molar-refractivity contribution < 1.29 is 4.79 Å². The summed E-state index contributed by atoms with van der Waals surface area (Å²) in [7, 11) is 0. The van der Waals surface area contributed by atoms with Gasteiger partial charge in [0.1, 0.15) is 5.69 Å². The van der Waals surface area contributed by atoms with E-state index in [4.69, 9.17) is 5.73 Å². The van der Waals surface area contributed by atoms with Crippen LogP contribution >= 0.6 is 24.8 Å². The fraction of sp³-hybridized carbons (Fsp3) is 0.286. The van der Waals surface area contributed by atoms with Gasteiger partial charge in [-0.1, -0.05) is 24.3 Å². The van der Waals surface area contributed by atoms with Crippen LogP contribution in [-0.2, 0) is 0 Å². The Balaban J connectivity index is 0.00000180. The highest BCUT2D eigenvalue weighted by atomic mass is 35.5. The SMILES string of the molecule is CC(N)CCNC(=O)c1nccc2ccccc12.Cl.Cl. The molecule has 0 aliphatic heterocycles. The highest BCUT2D eigenvalue weighted by molar-refractivity contribution is 6.05. The number of carbonyl (C=O) groups is 1. The van der Waals surface area contributed by atoms with Gasteiger partial charge in [0.05, 0.1) is 0 Å². The summed E-state index contributed by atoms with van der Waals surface area (Å²) in [4.78, 5) is 16.2. The Morgan fingerprint density at radius 1 is 1.30 bits per heavy atom. The molecule has 1 unspecified atom stereocenters. The van der Waals surface area contributed by atoms with Crippen molar-refractivity contribution in [2.75, 3.05) is 6.54 Å². The van der Waals surface area contributed by atoms with E-state index >= 15 is 0 Å². The van der Waals surface area contributed by atoms with E-state index < -0.39 is 0 Å². The minimum absolute atomic E-state index is 0. The van der Waals surface area contributed by atoms with Gasteiger partial charge in [0.25, 0.3) is 5.91 Å². The molecule has 6 heteroatoms. The second-order valence-electron chi connectivity index (χ2n) is 4.40. The van der Waals surface area contributed by atoms with Crippen molar-refractivity contribution in [1.82, 2.24) is 10.3 Å². The molecule has 0 bridgehead atoms. The molecule has 0 aliphatic rings. The monoisotopic (exact) mass is 315 g/mol. The van der Waals surface area contributed by atoms with Gasteiger partial charge < -0.3 is 11.1 Å². The third-order valence-corrected chi connectivity index (χ3v) is 2.77. The number of carbonyl (C=O) groups excluding carboxylic acids is 1. The molecule has 0 spiro atoms. The fourth-order valence-corrected chi connectivity index (χ4v) is 1.80. The van der Waals surface area contributed by atoms with E-state index in [1.165, 1.54) is 0 Å². The van der Waals surface area contributed by atoms with Crippen molar-refractivity contribution in [3.8, 4) is 0 Å². The molecule has 0 aliphatic carbocycles. The minimum Gasteiger partial charge on any atom is -0.351 e. The molecule has 2 rings (SSSR count). The Morgan fingerprint density at radius 3 is 2.70 bits per heavy atom. The topological polar surface area (TPSA) is 68.0 Å². The maximum Gasteiger partial charge on any atom is 0.270 e. The number of nitrogens with zero attached hydrogens (tertiary/aromatic N) is 1. The van der Waals surface area contributed by atoms with E-state index in [1.807, 2.05) is 37.3 Å². The van der Waals surface area contributed by atoms with E-state index in [0.29, 0.717) is 12.2 Å². The predicted octanol–water partition coefficient (Wildman–Crippen LogP) is 2.55. The second-order valence-corrected chi connectivity index (χ2v) is 4.40. The summed E-state index contributed by atoms with van der Waals surface area (Å²) >= 11 is 0. The summed E-state index contributed by atoms with van der Waals surface area (Å²) < 4.78 is 0. The standard InChI is InChI=1S/C14H17N3O.2ClH/c1-10(15)6-8-17-14(18)13-12-5-3-2-4-11(12)7-9-16-13;;/h2-5,7,9-10H,6,8,15H2,1H3,(H,17,18);2*1H. The van der Waals surface area contributed by atoms with Crippen LogP contribution in [0.15, 0.2) is 36.5 Å². The van der Waals surface area contributed by atoms with Crippen LogP contribution in [0.2, 0.25) is 0 Å². The van der Waals surface area contributed by atoms with Crippen LogP contribution in [0.25, 0.3) is 10.8 Å². The zero-order valence-electron chi connectivity index (χ0n) is 11.2. The molecule has 1 atom stereocenters. The first-order valence-corrected chi connectivity index (χ1v) is 6.06. The molecule has 4 nitrogen and oxygen atoms in total. The molecule has 110 valence electrons. The lowest BCUT2D eigenvalue weighted by Crippen LogP contribution is -2.29. The van der Waals surface area contributed by atoms with Crippen molar-refractivity contribution in [2.24, 2.45) is 5.73 Å². The molecule has 1 aromatic carbocycles. The van der Waals surface area contributed by atoms with E-state index in [1.54, 1.807) is 6.20 Å². The predicted molar refractivity (Wildman–Crippen MR) is 86.8 cm³/mol. The number of halogens is 2. The number of amides is 1. The number of nitrogens with one attached hydrogen (secondary N) is 1. The molecule has 0 radical (unpaired) electrons. The highest BCUT2D eigenvalue weighted by Crippen LogP contribution is 2.15. The molecule has 0 saturated carbocycles. The fourth-order valence-electron chi connectivity index (χ4n) is 1.80. The van der Waals surface area contributed by atoms with Gasteiger partial charge in [-0.2, -0.15) is 0 Å². The normalized spacial score (nSPS) is 11.1. The maximum absolute atomic E-state index is 12.0. The zero-order valence-corrected chi connectivity index (χ0v) is 12.8. The number of aromatic nitrogens is 1. The number of fused-ring (bicyclic) bond motifs is 1. The Hall–Kier alpha value is -1.36. The quantitative estimate of drug-likeness (QED) is 0.911. The largest absolute Gasteiger partial charge is 0.351 e. The third kappa shape index (κ3) is 4.63. The van der Waals surface area contributed by atoms with Crippen LogP contribution in [0.1, 0.15) is 23.8 Å². The smallest absolute Gasteiger partial charge is 0.270 e. The van der Waals surface area contributed by atoms with Crippen molar-refractivity contribution >= 4 is 41.5 Å². The minimum atomic E-state index is -0.146. The summed E-state index contributed by atoms with van der Waals surface area (Å²) in [5.74, 6) is -0.146. The number of hydrogen-bond acceptors (Lipinski definition) is 3. The summed E-state index contributed by atoms with van der Waals surface area (Å²) in [5.41, 5.74) is 6.11. The van der Waals surface area contributed by atoms with Crippen LogP contribution in [-0.4, -0.2) is 23.5 Å². The van der Waals surface area contributed by atoms with Gasteiger partial charge in [-0.05, 0) is 24.8 Å². The summed E-state index contributed by atoms with van der Waals surface area (Å²) in [6.07, 6.45) is 2.42. The molecule has 1 aromatic heterocycles. The van der Waals surface area contributed by atoms with E-state index in [0.717, 1.165) is 17.2 Å². The van der Waals surface area contributed by atoms with Crippen molar-refractivity contribution in [1.29, 1.82) is 0 Å². The first-order valence-electron chi connectivity index (χ1n) is 6.06. The number of nitrogens with two attached hydrogens (primary N) is 1. The average molecular weight is 316 g/mol. The average Bonchev–Trinajstić information content (AvgIpc) is 2.37.